The summed E-state index contributed by atoms with van der Waals surface area (Å²) >= 11 is 0. The molecule has 1 atom stereocenters. The molecule has 1 aromatic heterocycles. The largest absolute Gasteiger partial charge is 0.416 e. The molecule has 0 radical (unpaired) electrons. The topological polar surface area (TPSA) is 56.4 Å². The van der Waals surface area contributed by atoms with Gasteiger partial charge in [-0.3, -0.25) is 19.4 Å². The molecule has 2 aromatic rings. The van der Waals surface area contributed by atoms with Gasteiger partial charge in [-0.25, -0.2) is 0 Å². The molecular formula is C23H28F3N3O2. The first kappa shape index (κ1) is 23.2. The number of benzene rings is 1. The molecule has 1 aliphatic heterocycles. The van der Waals surface area contributed by atoms with E-state index in [4.69, 9.17) is 0 Å². The van der Waals surface area contributed by atoms with Gasteiger partial charge in [0.25, 0.3) is 0 Å². The number of rotatable bonds is 6. The second-order valence-corrected chi connectivity index (χ2v) is 8.23. The number of halogens is 3. The molecule has 31 heavy (non-hydrogen) atoms. The third kappa shape index (κ3) is 5.07. The summed E-state index contributed by atoms with van der Waals surface area (Å²) in [6.45, 7) is 10.4. The van der Waals surface area contributed by atoms with Crippen LogP contribution in [0.3, 0.4) is 0 Å². The van der Waals surface area contributed by atoms with Crippen molar-refractivity contribution in [2.45, 2.75) is 46.5 Å². The summed E-state index contributed by atoms with van der Waals surface area (Å²) in [5.74, 6) is -0.0980. The fourth-order valence-corrected chi connectivity index (χ4v) is 4.27. The first-order valence-electron chi connectivity index (χ1n) is 10.4. The Bertz CT molecular complexity index is 956. The summed E-state index contributed by atoms with van der Waals surface area (Å²) in [6, 6.07) is 4.93. The normalized spacial score (nSPS) is 17.0. The minimum Gasteiger partial charge on any atom is -0.355 e. The predicted octanol–water partition coefficient (Wildman–Crippen LogP) is 4.24. The van der Waals surface area contributed by atoms with Crippen LogP contribution in [0.2, 0.25) is 0 Å². The Hall–Kier alpha value is -2.45. The Labute approximate surface area is 180 Å². The van der Waals surface area contributed by atoms with Gasteiger partial charge < -0.3 is 4.98 Å². The van der Waals surface area contributed by atoms with Crippen LogP contribution >= 0.6 is 0 Å². The number of carbonyl (C=O) groups excluding carboxylic acids is 2. The fraction of sp³-hybridized carbons (Fsp3) is 0.478. The highest BCUT2D eigenvalue weighted by atomic mass is 19.4. The van der Waals surface area contributed by atoms with Gasteiger partial charge in [0.15, 0.2) is 11.6 Å². The molecule has 168 valence electrons. The van der Waals surface area contributed by atoms with E-state index in [2.05, 4.69) is 14.8 Å². The van der Waals surface area contributed by atoms with Gasteiger partial charge >= 0.3 is 6.18 Å². The average molecular weight is 435 g/mol. The predicted molar refractivity (Wildman–Crippen MR) is 112 cm³/mol. The molecule has 0 spiro atoms. The number of alkyl halides is 3. The molecule has 1 unspecified atom stereocenters. The fourth-order valence-electron chi connectivity index (χ4n) is 4.27. The van der Waals surface area contributed by atoms with E-state index in [1.807, 2.05) is 6.92 Å². The van der Waals surface area contributed by atoms with Gasteiger partial charge in [0, 0.05) is 44.0 Å². The Morgan fingerprint density at radius 3 is 2.13 bits per heavy atom. The molecule has 0 amide bonds. The summed E-state index contributed by atoms with van der Waals surface area (Å²) in [7, 11) is 0. The first-order valence-corrected chi connectivity index (χ1v) is 10.4. The maximum absolute atomic E-state index is 13.0. The van der Waals surface area contributed by atoms with Crippen LogP contribution < -0.4 is 0 Å². The van der Waals surface area contributed by atoms with E-state index in [0.29, 0.717) is 42.1 Å². The van der Waals surface area contributed by atoms with E-state index < -0.39 is 11.7 Å². The van der Waals surface area contributed by atoms with E-state index in [9.17, 15) is 22.8 Å². The lowest BCUT2D eigenvalue weighted by Crippen LogP contribution is -2.51. The van der Waals surface area contributed by atoms with Crippen molar-refractivity contribution in [3.63, 3.8) is 0 Å². The molecule has 5 nitrogen and oxygen atoms in total. The Balaban J connectivity index is 1.58. The van der Waals surface area contributed by atoms with Gasteiger partial charge in [-0.15, -0.1) is 0 Å². The molecule has 2 heterocycles. The van der Waals surface area contributed by atoms with Gasteiger partial charge in [-0.2, -0.15) is 13.2 Å². The number of nitrogens with one attached hydrogen (secondary N) is 1. The highest BCUT2D eigenvalue weighted by Gasteiger charge is 2.31. The zero-order chi connectivity index (χ0) is 22.9. The van der Waals surface area contributed by atoms with Gasteiger partial charge in [-0.05, 0) is 51.0 Å². The van der Waals surface area contributed by atoms with Crippen molar-refractivity contribution in [1.82, 2.24) is 14.8 Å². The van der Waals surface area contributed by atoms with Crippen LogP contribution in [0.4, 0.5) is 13.2 Å². The highest BCUT2D eigenvalue weighted by molar-refractivity contribution is 6.05. The number of aryl methyl sites for hydroxylation is 1. The summed E-state index contributed by atoms with van der Waals surface area (Å²) in [4.78, 5) is 32.3. The van der Waals surface area contributed by atoms with E-state index in [1.165, 1.54) is 19.1 Å². The van der Waals surface area contributed by atoms with Crippen molar-refractivity contribution in [2.75, 3.05) is 26.2 Å². The van der Waals surface area contributed by atoms with Gasteiger partial charge in [0.1, 0.15) is 0 Å². The Morgan fingerprint density at radius 2 is 1.65 bits per heavy atom. The SMILES string of the molecule is CC(=O)c1c(C)[nH]c(C(=O)C(C)N2CCN(Cc3ccc(C(F)(F)F)cc3)CC2)c1C. The molecule has 1 aromatic carbocycles. The van der Waals surface area contributed by atoms with Crippen molar-refractivity contribution in [3.05, 3.63) is 57.9 Å². The Kier molecular flexibility index (Phi) is 6.71. The summed E-state index contributed by atoms with van der Waals surface area (Å²) < 4.78 is 38.1. The lowest BCUT2D eigenvalue weighted by molar-refractivity contribution is -0.137. The zero-order valence-corrected chi connectivity index (χ0v) is 18.3. The van der Waals surface area contributed by atoms with Crippen LogP contribution in [0.5, 0.6) is 0 Å². The van der Waals surface area contributed by atoms with Gasteiger partial charge in [0.2, 0.25) is 0 Å². The number of hydrogen-bond acceptors (Lipinski definition) is 4. The van der Waals surface area contributed by atoms with E-state index in [1.54, 1.807) is 13.8 Å². The molecule has 3 rings (SSSR count). The third-order valence-corrected chi connectivity index (χ3v) is 6.06. The molecule has 0 bridgehead atoms. The number of ketones is 2. The molecule has 1 N–H and O–H groups in total. The molecule has 1 saturated heterocycles. The first-order chi connectivity index (χ1) is 14.5. The lowest BCUT2D eigenvalue weighted by atomic mass is 10.0. The average Bonchev–Trinajstić information content (AvgIpc) is 3.01. The third-order valence-electron chi connectivity index (χ3n) is 6.06. The number of nitrogens with zero attached hydrogens (tertiary/aromatic N) is 2. The quantitative estimate of drug-likeness (QED) is 0.690. The molecule has 0 aliphatic carbocycles. The minimum absolute atomic E-state index is 0.0377. The number of carbonyl (C=O) groups is 2. The maximum atomic E-state index is 13.0. The second kappa shape index (κ2) is 8.96. The molecule has 1 aliphatic rings. The molecule has 1 fully saturated rings. The van der Waals surface area contributed by atoms with Crippen LogP contribution in [0, 0.1) is 13.8 Å². The lowest BCUT2D eigenvalue weighted by Gasteiger charge is -2.37. The van der Waals surface area contributed by atoms with Crippen LogP contribution in [-0.4, -0.2) is 58.6 Å². The smallest absolute Gasteiger partial charge is 0.355 e. The highest BCUT2D eigenvalue weighted by Crippen LogP contribution is 2.29. The van der Waals surface area contributed by atoms with Crippen molar-refractivity contribution in [3.8, 4) is 0 Å². The number of H-pyrrole nitrogens is 1. The van der Waals surface area contributed by atoms with Crippen LogP contribution in [0.25, 0.3) is 0 Å². The number of hydrogen-bond donors (Lipinski definition) is 1. The van der Waals surface area contributed by atoms with E-state index in [0.717, 1.165) is 30.8 Å². The standard InChI is InChI=1S/C23H28F3N3O2/c1-14-20(17(4)30)15(2)27-21(14)22(31)16(3)29-11-9-28(10-12-29)13-18-5-7-19(8-6-18)23(24,25)26/h5-8,16,27H,9-13H2,1-4H3. The van der Waals surface area contributed by atoms with Crippen LogP contribution in [0.1, 0.15) is 57.1 Å². The number of Topliss-reactive ketones (excluding diaryl/α,β-unsaturated/α-hetero) is 2. The van der Waals surface area contributed by atoms with Crippen molar-refractivity contribution < 1.29 is 22.8 Å². The zero-order valence-electron chi connectivity index (χ0n) is 18.3. The number of aromatic amines is 1. The van der Waals surface area contributed by atoms with Crippen molar-refractivity contribution >= 4 is 11.6 Å². The second-order valence-electron chi connectivity index (χ2n) is 8.23. The molecule has 8 heteroatoms. The minimum atomic E-state index is -4.33. The summed E-state index contributed by atoms with van der Waals surface area (Å²) in [5, 5.41) is 0. The van der Waals surface area contributed by atoms with Crippen LogP contribution in [0.15, 0.2) is 24.3 Å². The summed E-state index contributed by atoms with van der Waals surface area (Å²) in [5.41, 5.74) is 2.67. The monoisotopic (exact) mass is 435 g/mol. The van der Waals surface area contributed by atoms with E-state index in [-0.39, 0.29) is 17.6 Å². The van der Waals surface area contributed by atoms with Gasteiger partial charge in [-0.1, -0.05) is 12.1 Å². The number of aromatic nitrogens is 1. The maximum Gasteiger partial charge on any atom is 0.416 e. The Morgan fingerprint density at radius 1 is 1.06 bits per heavy atom. The number of piperazine rings is 1. The van der Waals surface area contributed by atoms with Gasteiger partial charge in [0.05, 0.1) is 17.3 Å². The van der Waals surface area contributed by atoms with Crippen LogP contribution in [-0.2, 0) is 12.7 Å². The molecular weight excluding hydrogens is 407 g/mol. The van der Waals surface area contributed by atoms with Crippen molar-refractivity contribution in [1.29, 1.82) is 0 Å². The van der Waals surface area contributed by atoms with Crippen molar-refractivity contribution in [2.24, 2.45) is 0 Å². The van der Waals surface area contributed by atoms with E-state index >= 15 is 0 Å². The summed E-state index contributed by atoms with van der Waals surface area (Å²) in [6.07, 6.45) is -4.33. The molecule has 0 saturated carbocycles.